The Balaban J connectivity index is 2.10. The molecule has 90 valence electrons. The maximum Gasteiger partial charge on any atom is 0.137 e. The van der Waals surface area contributed by atoms with Crippen LogP contribution >= 0.6 is 0 Å². The van der Waals surface area contributed by atoms with Crippen LogP contribution in [0, 0.1) is 0 Å². The average Bonchev–Trinajstić information content (AvgIpc) is 2.86. The summed E-state index contributed by atoms with van der Waals surface area (Å²) in [6.45, 7) is 1.77. The van der Waals surface area contributed by atoms with Gasteiger partial charge in [0.2, 0.25) is 0 Å². The number of aromatic amines is 1. The first-order valence-electron chi connectivity index (χ1n) is 5.95. The first-order valence-corrected chi connectivity index (χ1v) is 5.95. The first kappa shape index (κ1) is 11.0. The zero-order valence-corrected chi connectivity index (χ0v) is 10.1. The highest BCUT2D eigenvalue weighted by Gasteiger charge is 2.05. The zero-order chi connectivity index (χ0) is 12.5. The van der Waals surface area contributed by atoms with Gasteiger partial charge in [0, 0.05) is 23.3 Å². The van der Waals surface area contributed by atoms with Crippen molar-refractivity contribution in [3.05, 3.63) is 54.4 Å². The highest BCUT2D eigenvalue weighted by atomic mass is 16.3. The molecule has 0 fully saturated rings. The molecule has 0 amide bonds. The van der Waals surface area contributed by atoms with E-state index >= 15 is 0 Å². The molecule has 3 heteroatoms. The standard InChI is InChI=1S/C15H14N2O/c1-10(18)11-3-2-4-12(7-11)14-8-13-5-6-16-15(13)17-9-14/h2-10,18H,1H3,(H,16,17). The van der Waals surface area contributed by atoms with Crippen molar-refractivity contribution >= 4 is 11.0 Å². The Morgan fingerprint density at radius 3 is 2.89 bits per heavy atom. The second-order valence-electron chi connectivity index (χ2n) is 4.44. The summed E-state index contributed by atoms with van der Waals surface area (Å²) < 4.78 is 0. The molecule has 3 rings (SSSR count). The van der Waals surface area contributed by atoms with E-state index in [-0.39, 0.29) is 0 Å². The van der Waals surface area contributed by atoms with Gasteiger partial charge < -0.3 is 10.1 Å². The van der Waals surface area contributed by atoms with Crippen molar-refractivity contribution in [3.8, 4) is 11.1 Å². The molecule has 2 heterocycles. The van der Waals surface area contributed by atoms with Crippen LogP contribution in [0.2, 0.25) is 0 Å². The van der Waals surface area contributed by atoms with Crippen LogP contribution in [-0.2, 0) is 0 Å². The number of aliphatic hydroxyl groups excluding tert-OH is 1. The van der Waals surface area contributed by atoms with Crippen molar-refractivity contribution in [2.75, 3.05) is 0 Å². The van der Waals surface area contributed by atoms with Gasteiger partial charge in [-0.15, -0.1) is 0 Å². The summed E-state index contributed by atoms with van der Waals surface area (Å²) >= 11 is 0. The summed E-state index contributed by atoms with van der Waals surface area (Å²) in [6.07, 6.45) is 3.28. The molecule has 3 aromatic rings. The second-order valence-corrected chi connectivity index (χ2v) is 4.44. The molecular weight excluding hydrogens is 224 g/mol. The van der Waals surface area contributed by atoms with Crippen LogP contribution in [0.4, 0.5) is 0 Å². The number of aliphatic hydroxyl groups is 1. The van der Waals surface area contributed by atoms with E-state index in [1.165, 1.54) is 0 Å². The normalized spacial score (nSPS) is 12.8. The summed E-state index contributed by atoms with van der Waals surface area (Å²) in [5.74, 6) is 0. The predicted octanol–water partition coefficient (Wildman–Crippen LogP) is 3.28. The molecule has 0 spiro atoms. The number of hydrogen-bond donors (Lipinski definition) is 2. The fourth-order valence-electron chi connectivity index (χ4n) is 2.08. The largest absolute Gasteiger partial charge is 0.389 e. The van der Waals surface area contributed by atoms with Gasteiger partial charge in [-0.3, -0.25) is 0 Å². The van der Waals surface area contributed by atoms with Crippen molar-refractivity contribution in [1.29, 1.82) is 0 Å². The monoisotopic (exact) mass is 238 g/mol. The fourth-order valence-corrected chi connectivity index (χ4v) is 2.08. The lowest BCUT2D eigenvalue weighted by Crippen LogP contribution is -1.91. The minimum atomic E-state index is -0.450. The van der Waals surface area contributed by atoms with E-state index in [0.29, 0.717) is 0 Å². The van der Waals surface area contributed by atoms with Gasteiger partial charge in [0.1, 0.15) is 5.65 Å². The molecule has 1 aromatic carbocycles. The average molecular weight is 238 g/mol. The van der Waals surface area contributed by atoms with Crippen molar-refractivity contribution in [1.82, 2.24) is 9.97 Å². The van der Waals surface area contributed by atoms with E-state index in [1.54, 1.807) is 6.92 Å². The Labute approximate surface area is 105 Å². The van der Waals surface area contributed by atoms with Crippen LogP contribution in [0.1, 0.15) is 18.6 Å². The molecule has 0 aliphatic heterocycles. The molecule has 18 heavy (non-hydrogen) atoms. The van der Waals surface area contributed by atoms with E-state index in [0.717, 1.165) is 27.7 Å². The van der Waals surface area contributed by atoms with E-state index in [9.17, 15) is 5.11 Å². The molecule has 3 nitrogen and oxygen atoms in total. The van der Waals surface area contributed by atoms with E-state index in [2.05, 4.69) is 16.0 Å². The van der Waals surface area contributed by atoms with E-state index < -0.39 is 6.10 Å². The SMILES string of the molecule is CC(O)c1cccc(-c2cnc3[nH]ccc3c2)c1. The summed E-state index contributed by atoms with van der Waals surface area (Å²) in [5, 5.41) is 10.7. The van der Waals surface area contributed by atoms with Gasteiger partial charge in [-0.1, -0.05) is 18.2 Å². The highest BCUT2D eigenvalue weighted by molar-refractivity contribution is 5.81. The Morgan fingerprint density at radius 2 is 2.06 bits per heavy atom. The molecule has 1 atom stereocenters. The fraction of sp³-hybridized carbons (Fsp3) is 0.133. The third kappa shape index (κ3) is 1.89. The van der Waals surface area contributed by atoms with E-state index in [1.807, 2.05) is 42.7 Å². The van der Waals surface area contributed by atoms with Gasteiger partial charge in [0.25, 0.3) is 0 Å². The van der Waals surface area contributed by atoms with Gasteiger partial charge in [0.15, 0.2) is 0 Å². The predicted molar refractivity (Wildman–Crippen MR) is 72.2 cm³/mol. The molecule has 0 radical (unpaired) electrons. The molecule has 0 aliphatic carbocycles. The smallest absolute Gasteiger partial charge is 0.137 e. The molecule has 0 saturated heterocycles. The lowest BCUT2D eigenvalue weighted by molar-refractivity contribution is 0.199. The number of H-pyrrole nitrogens is 1. The number of nitrogens with zero attached hydrogens (tertiary/aromatic N) is 1. The van der Waals surface area contributed by atoms with Crippen LogP contribution in [0.3, 0.4) is 0 Å². The van der Waals surface area contributed by atoms with Crippen LogP contribution in [0.25, 0.3) is 22.2 Å². The van der Waals surface area contributed by atoms with Crippen molar-refractivity contribution in [2.24, 2.45) is 0 Å². The van der Waals surface area contributed by atoms with Gasteiger partial charge in [0.05, 0.1) is 6.10 Å². The second kappa shape index (κ2) is 4.27. The molecule has 2 N–H and O–H groups in total. The molecule has 0 aliphatic rings. The lowest BCUT2D eigenvalue weighted by atomic mass is 10.0. The minimum Gasteiger partial charge on any atom is -0.389 e. The van der Waals surface area contributed by atoms with E-state index in [4.69, 9.17) is 0 Å². The maximum absolute atomic E-state index is 9.61. The van der Waals surface area contributed by atoms with Gasteiger partial charge in [-0.25, -0.2) is 4.98 Å². The van der Waals surface area contributed by atoms with Crippen molar-refractivity contribution in [3.63, 3.8) is 0 Å². The number of pyridine rings is 1. The number of rotatable bonds is 2. The molecular formula is C15H14N2O. The molecule has 1 unspecified atom stereocenters. The Bertz CT molecular complexity index is 686. The molecule has 0 bridgehead atoms. The quantitative estimate of drug-likeness (QED) is 0.719. The number of nitrogens with one attached hydrogen (secondary N) is 1. The van der Waals surface area contributed by atoms with Crippen molar-refractivity contribution in [2.45, 2.75) is 13.0 Å². The number of aromatic nitrogens is 2. The number of hydrogen-bond acceptors (Lipinski definition) is 2. The number of fused-ring (bicyclic) bond motifs is 1. The third-order valence-electron chi connectivity index (χ3n) is 3.10. The third-order valence-corrected chi connectivity index (χ3v) is 3.10. The highest BCUT2D eigenvalue weighted by Crippen LogP contribution is 2.24. The zero-order valence-electron chi connectivity index (χ0n) is 10.1. The first-order chi connectivity index (χ1) is 8.74. The Hall–Kier alpha value is -2.13. The van der Waals surface area contributed by atoms with Gasteiger partial charge in [-0.05, 0) is 36.2 Å². The summed E-state index contributed by atoms with van der Waals surface area (Å²) in [4.78, 5) is 7.45. The van der Waals surface area contributed by atoms with Gasteiger partial charge in [-0.2, -0.15) is 0 Å². The van der Waals surface area contributed by atoms with Crippen LogP contribution in [0.5, 0.6) is 0 Å². The Kier molecular flexibility index (Phi) is 2.61. The topological polar surface area (TPSA) is 48.9 Å². The lowest BCUT2D eigenvalue weighted by Gasteiger charge is -2.07. The van der Waals surface area contributed by atoms with Crippen LogP contribution < -0.4 is 0 Å². The molecule has 0 saturated carbocycles. The summed E-state index contributed by atoms with van der Waals surface area (Å²) in [6, 6.07) is 12.0. The summed E-state index contributed by atoms with van der Waals surface area (Å²) in [7, 11) is 0. The maximum atomic E-state index is 9.61. The molecule has 2 aromatic heterocycles. The summed E-state index contributed by atoms with van der Waals surface area (Å²) in [5.41, 5.74) is 3.95. The minimum absolute atomic E-state index is 0.450. The number of benzene rings is 1. The Morgan fingerprint density at radius 1 is 1.17 bits per heavy atom. The van der Waals surface area contributed by atoms with Crippen LogP contribution in [-0.4, -0.2) is 15.1 Å². The van der Waals surface area contributed by atoms with Crippen LogP contribution in [0.15, 0.2) is 48.8 Å². The van der Waals surface area contributed by atoms with Crippen molar-refractivity contribution < 1.29 is 5.11 Å². The van der Waals surface area contributed by atoms with Gasteiger partial charge >= 0.3 is 0 Å².